The molecule has 0 aliphatic heterocycles. The lowest BCUT2D eigenvalue weighted by atomic mass is 10.5. The molecular weight excluding hydrogens is 246 g/mol. The molecule has 3 nitrogen and oxygen atoms in total. The molecule has 0 saturated heterocycles. The molecule has 0 aliphatic rings. The minimum Gasteiger partial charge on any atom is -0.445 e. The molecule has 1 heterocycles. The van der Waals surface area contributed by atoms with Gasteiger partial charge in [-0.05, 0) is 12.1 Å². The first kappa shape index (κ1) is 10.2. The molecule has 0 fully saturated rings. The highest BCUT2D eigenvalue weighted by Gasteiger charge is 2.17. The summed E-state index contributed by atoms with van der Waals surface area (Å²) < 4.78 is 26.0. The molecule has 1 rings (SSSR count). The Kier molecular flexibility index (Phi) is 2.93. The fraction of sp³-hybridized carbons (Fsp3) is 0.200. The van der Waals surface area contributed by atoms with Gasteiger partial charge in [0.05, 0.1) is 0 Å². The summed E-state index contributed by atoms with van der Waals surface area (Å²) in [6.07, 6.45) is 0. The van der Waals surface area contributed by atoms with E-state index in [0.717, 1.165) is 0 Å². The predicted molar refractivity (Wildman–Crippen MR) is 46.2 cm³/mol. The van der Waals surface area contributed by atoms with Crippen LogP contribution in [0.5, 0.6) is 0 Å². The Morgan fingerprint density at radius 2 is 1.92 bits per heavy atom. The molecule has 12 heavy (non-hydrogen) atoms. The molecule has 0 saturated carbocycles. The minimum absolute atomic E-state index is 0.151. The topological polar surface area (TPSA) is 47.3 Å². The van der Waals surface area contributed by atoms with E-state index < -0.39 is 13.9 Å². The summed E-state index contributed by atoms with van der Waals surface area (Å²) in [4.78, 5) is -0.892. The Morgan fingerprint density at radius 3 is 2.17 bits per heavy atom. The van der Waals surface area contributed by atoms with E-state index in [1.807, 2.05) is 0 Å². The van der Waals surface area contributed by atoms with Crippen LogP contribution in [0.2, 0.25) is 0 Å². The Morgan fingerprint density at radius 1 is 1.33 bits per heavy atom. The van der Waals surface area contributed by atoms with E-state index in [1.165, 1.54) is 12.1 Å². The zero-order valence-electron chi connectivity index (χ0n) is 5.50. The quantitative estimate of drug-likeness (QED) is 0.598. The van der Waals surface area contributed by atoms with Gasteiger partial charge in [-0.15, -0.1) is 0 Å². The maximum Gasteiger partial charge on any atom is 0.294 e. The van der Waals surface area contributed by atoms with E-state index in [1.54, 1.807) is 0 Å². The van der Waals surface area contributed by atoms with Gasteiger partial charge in [0, 0.05) is 10.7 Å². The third-order valence-corrected chi connectivity index (χ3v) is 2.64. The average Bonchev–Trinajstić information content (AvgIpc) is 2.30. The minimum atomic E-state index is -3.83. The fourth-order valence-electron chi connectivity index (χ4n) is 0.583. The van der Waals surface area contributed by atoms with E-state index in [4.69, 9.17) is 38.3 Å². The highest BCUT2D eigenvalue weighted by atomic mass is 35.7. The molecule has 68 valence electrons. The lowest BCUT2D eigenvalue weighted by Crippen LogP contribution is -1.85. The van der Waals surface area contributed by atoms with Gasteiger partial charge in [-0.2, -0.15) is 0 Å². The number of rotatable bonds is 2. The molecule has 0 bridgehead atoms. The Balaban J connectivity index is 3.09. The van der Waals surface area contributed by atoms with Crippen LogP contribution in [0, 0.1) is 0 Å². The van der Waals surface area contributed by atoms with Gasteiger partial charge in [0.15, 0.2) is 4.84 Å². The van der Waals surface area contributed by atoms with E-state index in [0.29, 0.717) is 0 Å². The molecule has 0 radical (unpaired) electrons. The van der Waals surface area contributed by atoms with E-state index in [9.17, 15) is 8.42 Å². The normalized spacial score (nSPS) is 12.3. The van der Waals surface area contributed by atoms with Gasteiger partial charge in [0.1, 0.15) is 5.76 Å². The van der Waals surface area contributed by atoms with Crippen molar-refractivity contribution < 1.29 is 12.8 Å². The van der Waals surface area contributed by atoms with Crippen molar-refractivity contribution in [1.82, 2.24) is 0 Å². The first-order valence-electron chi connectivity index (χ1n) is 2.74. The average molecular weight is 250 g/mol. The van der Waals surface area contributed by atoms with Crippen LogP contribution in [0.25, 0.3) is 0 Å². The molecule has 7 heteroatoms. The zero-order chi connectivity index (χ0) is 9.35. The molecule has 1 aromatic rings. The summed E-state index contributed by atoms with van der Waals surface area (Å²) in [7, 11) is 1.14. The molecule has 0 N–H and O–H groups in total. The van der Waals surface area contributed by atoms with Gasteiger partial charge in [-0.1, -0.05) is 23.2 Å². The van der Waals surface area contributed by atoms with Crippen molar-refractivity contribution >= 4 is 42.9 Å². The van der Waals surface area contributed by atoms with Gasteiger partial charge >= 0.3 is 0 Å². The van der Waals surface area contributed by atoms with Crippen LogP contribution in [-0.2, 0) is 9.05 Å². The second-order valence-electron chi connectivity index (χ2n) is 1.90. The summed E-state index contributed by atoms with van der Waals surface area (Å²) in [5, 5.41) is -0.356. The zero-order valence-corrected chi connectivity index (χ0v) is 8.58. The van der Waals surface area contributed by atoms with Gasteiger partial charge in [-0.25, -0.2) is 8.42 Å². The van der Waals surface area contributed by atoms with Gasteiger partial charge < -0.3 is 4.42 Å². The van der Waals surface area contributed by atoms with Crippen molar-refractivity contribution in [3.8, 4) is 0 Å². The number of alkyl halides is 2. The number of hydrogen-bond donors (Lipinski definition) is 0. The van der Waals surface area contributed by atoms with E-state index in [-0.39, 0.29) is 10.9 Å². The van der Waals surface area contributed by atoms with Crippen LogP contribution in [0.3, 0.4) is 0 Å². The lowest BCUT2D eigenvalue weighted by molar-refractivity contribution is 0.427. The second-order valence-corrected chi connectivity index (χ2v) is 5.49. The largest absolute Gasteiger partial charge is 0.445 e. The van der Waals surface area contributed by atoms with Crippen LogP contribution in [0.1, 0.15) is 10.6 Å². The molecule has 0 amide bonds. The molecule has 0 unspecified atom stereocenters. The Hall–Kier alpha value is 0.1000. The highest BCUT2D eigenvalue weighted by Crippen LogP contribution is 2.28. The standard InChI is InChI=1S/C5H3Cl3O3S/c6-5(7)3-1-2-4(11-3)12(8,9)10/h1-2,5H. The van der Waals surface area contributed by atoms with Crippen LogP contribution in [-0.4, -0.2) is 8.42 Å². The SMILES string of the molecule is O=S(=O)(Cl)c1ccc(C(Cl)Cl)o1. The summed E-state index contributed by atoms with van der Waals surface area (Å²) in [5.41, 5.74) is 0. The summed E-state index contributed by atoms with van der Waals surface area (Å²) >= 11 is 10.8. The predicted octanol–water partition coefficient (Wildman–Crippen LogP) is 2.68. The molecule has 0 atom stereocenters. The summed E-state index contributed by atoms with van der Waals surface area (Å²) in [5.74, 6) is 0.151. The van der Waals surface area contributed by atoms with E-state index in [2.05, 4.69) is 0 Å². The molecular formula is C5H3Cl3O3S. The van der Waals surface area contributed by atoms with Crippen molar-refractivity contribution in [3.63, 3.8) is 0 Å². The Labute approximate surface area is 83.6 Å². The Bertz CT molecular complexity index is 367. The summed E-state index contributed by atoms with van der Waals surface area (Å²) in [6.45, 7) is 0. The first-order valence-corrected chi connectivity index (χ1v) is 5.92. The molecule has 0 aliphatic carbocycles. The smallest absolute Gasteiger partial charge is 0.294 e. The second kappa shape index (κ2) is 3.46. The van der Waals surface area contributed by atoms with Gasteiger partial charge in [0.25, 0.3) is 9.05 Å². The molecule has 0 aromatic carbocycles. The van der Waals surface area contributed by atoms with Gasteiger partial charge in [0.2, 0.25) is 5.09 Å². The van der Waals surface area contributed by atoms with Crippen LogP contribution in [0.15, 0.2) is 21.6 Å². The van der Waals surface area contributed by atoms with Crippen molar-refractivity contribution in [2.75, 3.05) is 0 Å². The lowest BCUT2D eigenvalue weighted by Gasteiger charge is -1.92. The molecule has 1 aromatic heterocycles. The van der Waals surface area contributed by atoms with Crippen molar-refractivity contribution in [1.29, 1.82) is 0 Å². The van der Waals surface area contributed by atoms with Crippen LogP contribution < -0.4 is 0 Å². The number of hydrogen-bond acceptors (Lipinski definition) is 3. The van der Waals surface area contributed by atoms with E-state index >= 15 is 0 Å². The third-order valence-electron chi connectivity index (χ3n) is 1.06. The maximum atomic E-state index is 10.7. The third kappa shape index (κ3) is 2.29. The van der Waals surface area contributed by atoms with Crippen molar-refractivity contribution in [2.45, 2.75) is 9.93 Å². The van der Waals surface area contributed by atoms with Gasteiger partial charge in [-0.3, -0.25) is 0 Å². The monoisotopic (exact) mass is 248 g/mol. The van der Waals surface area contributed by atoms with Crippen LogP contribution in [0.4, 0.5) is 0 Å². The number of furan rings is 1. The van der Waals surface area contributed by atoms with Crippen LogP contribution >= 0.6 is 33.9 Å². The highest BCUT2D eigenvalue weighted by molar-refractivity contribution is 8.13. The number of halogens is 3. The summed E-state index contributed by atoms with van der Waals surface area (Å²) in [6, 6.07) is 2.54. The first-order chi connectivity index (χ1) is 5.41. The van der Waals surface area contributed by atoms with Crippen molar-refractivity contribution in [3.05, 3.63) is 17.9 Å². The maximum absolute atomic E-state index is 10.7. The fourth-order valence-corrected chi connectivity index (χ4v) is 1.49. The molecule has 0 spiro atoms. The van der Waals surface area contributed by atoms with Crippen molar-refractivity contribution in [2.24, 2.45) is 0 Å².